The predicted octanol–water partition coefficient (Wildman–Crippen LogP) is 3.74. The summed E-state index contributed by atoms with van der Waals surface area (Å²) in [5.41, 5.74) is 0.315. The summed E-state index contributed by atoms with van der Waals surface area (Å²) in [4.78, 5) is 34.6. The fraction of sp³-hybridized carbons (Fsp3) is 0.360. The summed E-state index contributed by atoms with van der Waals surface area (Å²) in [6, 6.07) is 11.1. The van der Waals surface area contributed by atoms with E-state index >= 15 is 0 Å². The fourth-order valence-corrected chi connectivity index (χ4v) is 5.57. The Morgan fingerprint density at radius 2 is 2.08 bits per heavy atom. The second-order valence-electron chi connectivity index (χ2n) is 8.97. The molecule has 2 aliphatic rings. The molecule has 2 aromatic heterocycles. The number of halogens is 1. The molecule has 2 amide bonds. The van der Waals surface area contributed by atoms with E-state index in [1.807, 2.05) is 24.3 Å². The number of para-hydroxylation sites is 1. The minimum absolute atomic E-state index is 0.0792. The first-order valence-corrected chi connectivity index (χ1v) is 13.0. The van der Waals surface area contributed by atoms with Gasteiger partial charge in [0.1, 0.15) is 11.4 Å². The van der Waals surface area contributed by atoms with Gasteiger partial charge in [0, 0.05) is 24.0 Å². The van der Waals surface area contributed by atoms with Crippen molar-refractivity contribution in [2.75, 3.05) is 23.5 Å². The minimum atomic E-state index is -1.47. The summed E-state index contributed by atoms with van der Waals surface area (Å²) < 4.78 is 5.21. The van der Waals surface area contributed by atoms with Gasteiger partial charge >= 0.3 is 0 Å². The first-order valence-electron chi connectivity index (χ1n) is 11.7. The lowest BCUT2D eigenvalue weighted by molar-refractivity contribution is -0.137. The topological polar surface area (TPSA) is 125 Å². The Balaban J connectivity index is 1.20. The Bertz CT molecular complexity index is 1330. The number of nitrogens with one attached hydrogen (secondary N) is 3. The van der Waals surface area contributed by atoms with Crippen LogP contribution in [-0.4, -0.2) is 51.4 Å². The third-order valence-corrected chi connectivity index (χ3v) is 7.93. The van der Waals surface area contributed by atoms with Crippen LogP contribution in [0.1, 0.15) is 31.4 Å². The number of carbonyl (C=O) groups excluding carboxylic acids is 2. The molecular weight excluding hydrogens is 502 g/mol. The number of carbonyl (C=O) groups is 2. The van der Waals surface area contributed by atoms with Gasteiger partial charge in [0.05, 0.1) is 39.7 Å². The molecule has 0 atom stereocenters. The molecule has 1 fully saturated rings. The zero-order chi connectivity index (χ0) is 25.3. The number of aliphatic hydroxyl groups is 1. The number of thioether (sulfide) groups is 1. The Kier molecular flexibility index (Phi) is 7.03. The summed E-state index contributed by atoms with van der Waals surface area (Å²) in [5.74, 6) is 0.818. The quantitative estimate of drug-likeness (QED) is 0.382. The van der Waals surface area contributed by atoms with Gasteiger partial charge in [0.15, 0.2) is 0 Å². The van der Waals surface area contributed by atoms with Gasteiger partial charge in [-0.1, -0.05) is 23.7 Å². The van der Waals surface area contributed by atoms with E-state index in [9.17, 15) is 14.7 Å². The zero-order valence-corrected chi connectivity index (χ0v) is 21.2. The fourth-order valence-electron chi connectivity index (χ4n) is 4.50. The highest BCUT2D eigenvalue weighted by Crippen LogP contribution is 2.34. The van der Waals surface area contributed by atoms with E-state index in [0.29, 0.717) is 71.6 Å². The Labute approximate surface area is 217 Å². The summed E-state index contributed by atoms with van der Waals surface area (Å²) >= 11 is 7.82. The lowest BCUT2D eigenvalue weighted by Crippen LogP contribution is -2.48. The van der Waals surface area contributed by atoms with Gasteiger partial charge in [-0.05, 0) is 43.9 Å². The monoisotopic (exact) mass is 527 g/mol. The smallest absolute Gasteiger partial charge is 0.256 e. The number of benzene rings is 1. The van der Waals surface area contributed by atoms with Crippen LogP contribution in [0.3, 0.4) is 0 Å². The third-order valence-electron chi connectivity index (χ3n) is 6.58. The number of fused-ring (bicyclic) bond motifs is 2. The average molecular weight is 528 g/mol. The van der Waals surface area contributed by atoms with E-state index in [0.717, 1.165) is 10.3 Å². The molecule has 1 aliphatic carbocycles. The average Bonchev–Trinajstić information content (AvgIpc) is 2.88. The summed E-state index contributed by atoms with van der Waals surface area (Å²) in [5, 5.41) is 21.6. The molecule has 11 heteroatoms. The van der Waals surface area contributed by atoms with Crippen LogP contribution in [0, 0.1) is 0 Å². The van der Waals surface area contributed by atoms with Crippen molar-refractivity contribution in [2.24, 2.45) is 0 Å². The second-order valence-corrected chi connectivity index (χ2v) is 10.4. The van der Waals surface area contributed by atoms with Crippen LogP contribution >= 0.6 is 23.4 Å². The minimum Gasteiger partial charge on any atom is -0.481 e. The van der Waals surface area contributed by atoms with Crippen molar-refractivity contribution in [1.82, 2.24) is 15.3 Å². The maximum atomic E-state index is 13.1. The van der Waals surface area contributed by atoms with E-state index in [1.165, 1.54) is 18.9 Å². The standard InChI is InChI=1S/C25H26ClN5O4S/c1-35-21-6-5-14-3-2-4-17(22(14)31-21)29-24(33)25(34)9-7-15(8-10-25)27-12-18-16(26)11-19-23(28-18)30-20(32)13-36-19/h2-6,11,15,27,34H,7-10,12-13H2,1H3,(H,29,33)(H,28,30,32). The highest BCUT2D eigenvalue weighted by atomic mass is 35.5. The van der Waals surface area contributed by atoms with Gasteiger partial charge in [-0.3, -0.25) is 9.59 Å². The normalized spacial score (nSPS) is 21.5. The number of nitrogens with zero attached hydrogens (tertiary/aromatic N) is 2. The largest absolute Gasteiger partial charge is 0.481 e. The van der Waals surface area contributed by atoms with Crippen molar-refractivity contribution < 1.29 is 19.4 Å². The van der Waals surface area contributed by atoms with Gasteiger partial charge in [0.2, 0.25) is 11.8 Å². The number of methoxy groups -OCH3 is 1. The molecule has 1 aromatic carbocycles. The number of amides is 2. The molecule has 0 bridgehead atoms. The van der Waals surface area contributed by atoms with E-state index in [-0.39, 0.29) is 11.9 Å². The van der Waals surface area contributed by atoms with Gasteiger partial charge < -0.3 is 25.8 Å². The molecule has 0 saturated heterocycles. The number of hydrogen-bond donors (Lipinski definition) is 4. The molecule has 1 aliphatic heterocycles. The predicted molar refractivity (Wildman–Crippen MR) is 140 cm³/mol. The highest BCUT2D eigenvalue weighted by molar-refractivity contribution is 8.00. The second kappa shape index (κ2) is 10.2. The maximum absolute atomic E-state index is 13.1. The SMILES string of the molecule is COc1ccc2cccc(NC(=O)C3(O)CCC(NCc4nc5c(cc4Cl)SCC(=O)N5)CC3)c2n1. The number of ether oxygens (including phenoxy) is 1. The van der Waals surface area contributed by atoms with E-state index in [1.54, 1.807) is 12.1 Å². The van der Waals surface area contributed by atoms with Gasteiger partial charge in [-0.25, -0.2) is 9.97 Å². The van der Waals surface area contributed by atoms with Crippen molar-refractivity contribution in [1.29, 1.82) is 0 Å². The number of anilines is 2. The van der Waals surface area contributed by atoms with Gasteiger partial charge in [-0.15, -0.1) is 11.8 Å². The lowest BCUT2D eigenvalue weighted by atomic mass is 9.81. The summed E-state index contributed by atoms with van der Waals surface area (Å²) in [6.07, 6.45) is 1.85. The van der Waals surface area contributed by atoms with Crippen LogP contribution < -0.4 is 20.7 Å². The number of hydrogen-bond acceptors (Lipinski definition) is 8. The van der Waals surface area contributed by atoms with Crippen LogP contribution in [-0.2, 0) is 16.1 Å². The van der Waals surface area contributed by atoms with Crippen LogP contribution in [0.5, 0.6) is 5.88 Å². The number of aromatic nitrogens is 2. The molecule has 36 heavy (non-hydrogen) atoms. The van der Waals surface area contributed by atoms with E-state index in [2.05, 4.69) is 25.9 Å². The van der Waals surface area contributed by atoms with Crippen molar-refractivity contribution in [3.05, 3.63) is 47.1 Å². The number of rotatable bonds is 6. The van der Waals surface area contributed by atoms with E-state index < -0.39 is 11.5 Å². The molecule has 0 radical (unpaired) electrons. The zero-order valence-electron chi connectivity index (χ0n) is 19.6. The first-order chi connectivity index (χ1) is 17.3. The lowest BCUT2D eigenvalue weighted by Gasteiger charge is -2.35. The molecule has 0 spiro atoms. The molecule has 5 rings (SSSR count). The first kappa shape index (κ1) is 24.8. The molecule has 188 valence electrons. The molecule has 9 nitrogen and oxygen atoms in total. The Hall–Kier alpha value is -2.92. The molecular formula is C25H26ClN5O4S. The van der Waals surface area contributed by atoms with Crippen molar-refractivity contribution in [3.8, 4) is 5.88 Å². The van der Waals surface area contributed by atoms with Crippen molar-refractivity contribution >= 4 is 57.6 Å². The van der Waals surface area contributed by atoms with Crippen molar-refractivity contribution in [3.63, 3.8) is 0 Å². The molecule has 1 saturated carbocycles. The Morgan fingerprint density at radius 3 is 2.86 bits per heavy atom. The highest BCUT2D eigenvalue weighted by Gasteiger charge is 2.40. The van der Waals surface area contributed by atoms with Crippen LogP contribution in [0.2, 0.25) is 5.02 Å². The molecule has 3 heterocycles. The van der Waals surface area contributed by atoms with Gasteiger partial charge in [-0.2, -0.15) is 0 Å². The van der Waals surface area contributed by atoms with E-state index in [4.69, 9.17) is 16.3 Å². The van der Waals surface area contributed by atoms with Gasteiger partial charge in [0.25, 0.3) is 5.91 Å². The third kappa shape index (κ3) is 5.12. The maximum Gasteiger partial charge on any atom is 0.256 e. The molecule has 4 N–H and O–H groups in total. The summed E-state index contributed by atoms with van der Waals surface area (Å²) in [6.45, 7) is 0.422. The molecule has 3 aromatic rings. The van der Waals surface area contributed by atoms with Crippen LogP contribution in [0.4, 0.5) is 11.5 Å². The van der Waals surface area contributed by atoms with Crippen LogP contribution in [0.25, 0.3) is 10.9 Å². The summed E-state index contributed by atoms with van der Waals surface area (Å²) in [7, 11) is 1.54. The number of pyridine rings is 2. The van der Waals surface area contributed by atoms with Crippen molar-refractivity contribution in [2.45, 2.75) is 48.8 Å². The molecule has 0 unspecified atom stereocenters. The Morgan fingerprint density at radius 1 is 1.28 bits per heavy atom. The van der Waals surface area contributed by atoms with Crippen LogP contribution in [0.15, 0.2) is 41.3 Å².